The number of hydrogen-bond donors (Lipinski definition) is 3. The van der Waals surface area contributed by atoms with Crippen LogP contribution in [0.1, 0.15) is 38.1 Å². The summed E-state index contributed by atoms with van der Waals surface area (Å²) in [6.07, 6.45) is 5.37. The van der Waals surface area contributed by atoms with Crippen molar-refractivity contribution in [3.05, 3.63) is 49.4 Å². The molecule has 1 aliphatic heterocycles. The second kappa shape index (κ2) is 9.15. The molecule has 0 bridgehead atoms. The predicted octanol–water partition coefficient (Wildman–Crippen LogP) is 3.73. The van der Waals surface area contributed by atoms with E-state index in [-0.39, 0.29) is 0 Å². The van der Waals surface area contributed by atoms with Gasteiger partial charge in [0.15, 0.2) is 0 Å². The number of para-hydroxylation sites is 1. The third-order valence-electron chi connectivity index (χ3n) is 3.84. The van der Waals surface area contributed by atoms with Gasteiger partial charge in [0.2, 0.25) is 0 Å². The van der Waals surface area contributed by atoms with Crippen LogP contribution in [0.5, 0.6) is 0 Å². The lowest BCUT2D eigenvalue weighted by Crippen LogP contribution is -2.21. The number of H-pyrrole nitrogens is 1. The number of nitrogens with one attached hydrogen (secondary N) is 2. The van der Waals surface area contributed by atoms with Crippen molar-refractivity contribution in [3.8, 4) is 0 Å². The summed E-state index contributed by atoms with van der Waals surface area (Å²) in [6, 6.07) is 7.84. The summed E-state index contributed by atoms with van der Waals surface area (Å²) in [5, 5.41) is 13.8. The van der Waals surface area contributed by atoms with Gasteiger partial charge >= 0.3 is 0 Å². The Labute approximate surface area is 142 Å². The molecule has 0 radical (unpaired) electrons. The molecule has 5 nitrogen and oxygen atoms in total. The van der Waals surface area contributed by atoms with Crippen LogP contribution in [0.4, 0.5) is 0 Å². The van der Waals surface area contributed by atoms with E-state index in [2.05, 4.69) is 33.4 Å². The Hall–Kier alpha value is -2.24. The van der Waals surface area contributed by atoms with Gasteiger partial charge in [-0.05, 0) is 38.9 Å². The first kappa shape index (κ1) is 18.1. The maximum absolute atomic E-state index is 9.48. The second-order valence-corrected chi connectivity index (χ2v) is 5.65. The lowest BCUT2D eigenvalue weighted by Gasteiger charge is -2.08. The summed E-state index contributed by atoms with van der Waals surface area (Å²) >= 11 is 0. The van der Waals surface area contributed by atoms with Gasteiger partial charge in [-0.25, -0.2) is 4.98 Å². The molecule has 3 aromatic rings. The Morgan fingerprint density at radius 2 is 1.83 bits per heavy atom. The molecular formula is C19H26N4O. The summed E-state index contributed by atoms with van der Waals surface area (Å²) in [5.41, 5.74) is 2.63. The van der Waals surface area contributed by atoms with E-state index in [1.165, 1.54) is 32.4 Å². The third-order valence-corrected chi connectivity index (χ3v) is 3.84. The molecule has 1 atom stereocenters. The number of imidazole rings is 1. The van der Waals surface area contributed by atoms with Crippen LogP contribution in [0.15, 0.2) is 43.6 Å². The molecule has 1 aliphatic rings. The van der Waals surface area contributed by atoms with Crippen LogP contribution in [0.3, 0.4) is 0 Å². The molecule has 0 amide bonds. The molecular weight excluding hydrogens is 300 g/mol. The minimum Gasteiger partial charge on any atom is -0.385 e. The van der Waals surface area contributed by atoms with Crippen LogP contribution in [-0.4, -0.2) is 33.1 Å². The van der Waals surface area contributed by atoms with Crippen molar-refractivity contribution >= 4 is 21.9 Å². The average Bonchev–Trinajstić information content (AvgIpc) is 3.11. The van der Waals surface area contributed by atoms with Crippen molar-refractivity contribution in [3.63, 3.8) is 0 Å². The van der Waals surface area contributed by atoms with Gasteiger partial charge in [0.1, 0.15) is 11.9 Å². The van der Waals surface area contributed by atoms with Gasteiger partial charge in [0.05, 0.1) is 22.7 Å². The monoisotopic (exact) mass is 326 g/mol. The number of nitrogens with zero attached hydrogens (tertiary/aromatic N) is 2. The third kappa shape index (κ3) is 4.40. The van der Waals surface area contributed by atoms with Gasteiger partial charge in [-0.2, -0.15) is 0 Å². The zero-order valence-corrected chi connectivity index (χ0v) is 14.3. The zero-order chi connectivity index (χ0) is 17.4. The number of rotatable bonds is 1. The Morgan fingerprint density at radius 1 is 1.12 bits per heavy atom. The van der Waals surface area contributed by atoms with E-state index in [4.69, 9.17) is 0 Å². The van der Waals surface area contributed by atoms with Crippen molar-refractivity contribution in [2.45, 2.75) is 32.3 Å². The SMILES string of the molecule is C1CCNCC1.C=C.C[C@@H](O)c1nc2c(cnc3ccccc32)[nH]1. The molecule has 4 rings (SSSR count). The van der Waals surface area contributed by atoms with Gasteiger partial charge in [-0.3, -0.25) is 4.98 Å². The maximum Gasteiger partial charge on any atom is 0.136 e. The van der Waals surface area contributed by atoms with Gasteiger partial charge in [0, 0.05) is 5.39 Å². The Balaban J connectivity index is 0.000000219. The summed E-state index contributed by atoms with van der Waals surface area (Å²) in [4.78, 5) is 11.8. The van der Waals surface area contributed by atoms with E-state index >= 15 is 0 Å². The molecule has 1 aromatic carbocycles. The first-order valence-electron chi connectivity index (χ1n) is 8.38. The number of piperidine rings is 1. The highest BCUT2D eigenvalue weighted by atomic mass is 16.3. The van der Waals surface area contributed by atoms with Crippen LogP contribution in [0.2, 0.25) is 0 Å². The van der Waals surface area contributed by atoms with Crippen LogP contribution < -0.4 is 5.32 Å². The zero-order valence-electron chi connectivity index (χ0n) is 14.3. The highest BCUT2D eigenvalue weighted by Gasteiger charge is 2.10. The van der Waals surface area contributed by atoms with E-state index < -0.39 is 6.10 Å². The van der Waals surface area contributed by atoms with Gasteiger partial charge in [-0.1, -0.05) is 24.6 Å². The van der Waals surface area contributed by atoms with E-state index in [0.29, 0.717) is 5.82 Å². The van der Waals surface area contributed by atoms with E-state index in [1.807, 2.05) is 24.3 Å². The number of pyridine rings is 1. The summed E-state index contributed by atoms with van der Waals surface area (Å²) < 4.78 is 0. The first-order chi connectivity index (χ1) is 11.8. The molecule has 5 heteroatoms. The second-order valence-electron chi connectivity index (χ2n) is 5.65. The van der Waals surface area contributed by atoms with Crippen LogP contribution in [0, 0.1) is 0 Å². The summed E-state index contributed by atoms with van der Waals surface area (Å²) in [6.45, 7) is 10.2. The molecule has 0 aliphatic carbocycles. The van der Waals surface area contributed by atoms with Gasteiger partial charge in [-0.15, -0.1) is 13.2 Å². The highest BCUT2D eigenvalue weighted by molar-refractivity contribution is 6.01. The van der Waals surface area contributed by atoms with Crippen LogP contribution >= 0.6 is 0 Å². The number of aliphatic hydroxyl groups is 1. The fraction of sp³-hybridized carbons (Fsp3) is 0.368. The highest BCUT2D eigenvalue weighted by Crippen LogP contribution is 2.22. The standard InChI is InChI=1S/C12H11N3O.C5H11N.C2H4/c1-7(16)12-14-10-6-13-9-5-3-2-4-8(9)11(10)15-12;1-2-4-6-5-3-1;1-2/h2-7,16H,1H3,(H,14,15);6H,1-5H2;1-2H2/t7-;;/m1../s1. The average molecular weight is 326 g/mol. The molecule has 128 valence electrons. The van der Waals surface area contributed by atoms with Crippen molar-refractivity contribution in [2.24, 2.45) is 0 Å². The quantitative estimate of drug-likeness (QED) is 0.596. The van der Waals surface area contributed by atoms with Crippen molar-refractivity contribution in [1.29, 1.82) is 0 Å². The largest absolute Gasteiger partial charge is 0.385 e. The molecule has 0 saturated carbocycles. The minimum atomic E-state index is -0.592. The Morgan fingerprint density at radius 3 is 2.42 bits per heavy atom. The molecule has 3 N–H and O–H groups in total. The van der Waals surface area contributed by atoms with E-state index in [9.17, 15) is 5.11 Å². The van der Waals surface area contributed by atoms with E-state index in [0.717, 1.165) is 21.9 Å². The van der Waals surface area contributed by atoms with Crippen molar-refractivity contribution in [1.82, 2.24) is 20.3 Å². The molecule has 24 heavy (non-hydrogen) atoms. The maximum atomic E-state index is 9.48. The fourth-order valence-electron chi connectivity index (χ4n) is 2.62. The van der Waals surface area contributed by atoms with Gasteiger partial charge < -0.3 is 15.4 Å². The number of aliphatic hydroxyl groups excluding tert-OH is 1. The smallest absolute Gasteiger partial charge is 0.136 e. The van der Waals surface area contributed by atoms with Crippen molar-refractivity contribution in [2.75, 3.05) is 13.1 Å². The van der Waals surface area contributed by atoms with Crippen molar-refractivity contribution < 1.29 is 5.11 Å². The van der Waals surface area contributed by atoms with Gasteiger partial charge in [0.25, 0.3) is 0 Å². The fourth-order valence-corrected chi connectivity index (χ4v) is 2.62. The number of aromatic nitrogens is 3. The first-order valence-corrected chi connectivity index (χ1v) is 8.38. The van der Waals surface area contributed by atoms with Crippen LogP contribution in [0.25, 0.3) is 21.9 Å². The normalized spacial score (nSPS) is 15.1. The molecule has 3 heterocycles. The summed E-state index contributed by atoms with van der Waals surface area (Å²) in [5.74, 6) is 0.577. The molecule has 0 unspecified atom stereocenters. The minimum absolute atomic E-state index is 0.577. The van der Waals surface area contributed by atoms with E-state index in [1.54, 1.807) is 13.1 Å². The predicted molar refractivity (Wildman–Crippen MR) is 100 cm³/mol. The molecule has 2 aromatic heterocycles. The topological polar surface area (TPSA) is 73.8 Å². The molecule has 1 saturated heterocycles. The lowest BCUT2D eigenvalue weighted by molar-refractivity contribution is 0.190. The Bertz CT molecular complexity index is 751. The van der Waals surface area contributed by atoms with Crippen LogP contribution in [-0.2, 0) is 0 Å². The number of hydrogen-bond acceptors (Lipinski definition) is 4. The number of benzene rings is 1. The number of fused-ring (bicyclic) bond motifs is 3. The summed E-state index contributed by atoms with van der Waals surface area (Å²) in [7, 11) is 0. The lowest BCUT2D eigenvalue weighted by atomic mass is 10.2. The molecule has 0 spiro atoms. The number of aromatic amines is 1. The molecule has 1 fully saturated rings. The Kier molecular flexibility index (Phi) is 6.90.